The van der Waals surface area contributed by atoms with Crippen LogP contribution in [0.5, 0.6) is 11.5 Å². The molecule has 0 bridgehead atoms. The van der Waals surface area contributed by atoms with Gasteiger partial charge >= 0.3 is 6.18 Å². The van der Waals surface area contributed by atoms with Gasteiger partial charge in [0.25, 0.3) is 0 Å². The van der Waals surface area contributed by atoms with Crippen molar-refractivity contribution in [3.8, 4) is 11.5 Å². The highest BCUT2D eigenvalue weighted by molar-refractivity contribution is 14.1. The second-order valence-electron chi connectivity index (χ2n) is 3.58. The lowest BCUT2D eigenvalue weighted by atomic mass is 10.2. The van der Waals surface area contributed by atoms with Crippen molar-refractivity contribution in [1.82, 2.24) is 0 Å². The Morgan fingerprint density at radius 2 is 1.22 bits per heavy atom. The third kappa shape index (κ3) is 3.38. The van der Waals surface area contributed by atoms with E-state index in [2.05, 4.69) is 22.6 Å². The maximum atomic E-state index is 12.3. The fraction of sp³-hybridized carbons (Fsp3) is 0.0769. The lowest BCUT2D eigenvalue weighted by Crippen LogP contribution is -2.03. The first-order valence-electron chi connectivity index (χ1n) is 5.06. The van der Waals surface area contributed by atoms with Crippen molar-refractivity contribution in [3.05, 3.63) is 57.7 Å². The molecular weight excluding hydrogens is 356 g/mol. The minimum atomic E-state index is -4.32. The quantitative estimate of drug-likeness (QED) is 0.674. The second-order valence-corrected chi connectivity index (χ2v) is 4.82. The van der Waals surface area contributed by atoms with Gasteiger partial charge in [0.15, 0.2) is 0 Å². The summed E-state index contributed by atoms with van der Waals surface area (Å²) in [6, 6.07) is 11.9. The maximum Gasteiger partial charge on any atom is 0.416 e. The van der Waals surface area contributed by atoms with E-state index in [9.17, 15) is 13.2 Å². The van der Waals surface area contributed by atoms with Gasteiger partial charge in [0.2, 0.25) is 0 Å². The fourth-order valence-corrected chi connectivity index (χ4v) is 1.71. The maximum absolute atomic E-state index is 12.3. The van der Waals surface area contributed by atoms with Crippen LogP contribution in [0.15, 0.2) is 48.5 Å². The molecule has 0 heterocycles. The number of ether oxygens (including phenoxy) is 1. The Kier molecular flexibility index (Phi) is 3.79. The fourth-order valence-electron chi connectivity index (χ4n) is 1.35. The summed E-state index contributed by atoms with van der Waals surface area (Å²) >= 11 is 2.16. The third-order valence-electron chi connectivity index (χ3n) is 2.23. The second kappa shape index (κ2) is 5.17. The number of hydrogen-bond donors (Lipinski definition) is 0. The normalized spacial score (nSPS) is 11.3. The summed E-state index contributed by atoms with van der Waals surface area (Å²) in [7, 11) is 0. The molecule has 0 N–H and O–H groups in total. The Bertz CT molecular complexity index is 517. The van der Waals surface area contributed by atoms with Crippen molar-refractivity contribution in [2.75, 3.05) is 0 Å². The van der Waals surface area contributed by atoms with Crippen molar-refractivity contribution in [2.24, 2.45) is 0 Å². The van der Waals surface area contributed by atoms with Gasteiger partial charge in [0.1, 0.15) is 11.5 Å². The molecule has 1 nitrogen and oxygen atoms in total. The van der Waals surface area contributed by atoms with Gasteiger partial charge in [-0.2, -0.15) is 13.2 Å². The topological polar surface area (TPSA) is 9.23 Å². The molecule has 0 saturated heterocycles. The van der Waals surface area contributed by atoms with Gasteiger partial charge in [-0.3, -0.25) is 0 Å². The van der Waals surface area contributed by atoms with Crippen molar-refractivity contribution in [2.45, 2.75) is 6.18 Å². The van der Waals surface area contributed by atoms with E-state index in [1.807, 2.05) is 12.1 Å². The van der Waals surface area contributed by atoms with Crippen LogP contribution in [-0.4, -0.2) is 0 Å². The Labute approximate surface area is 116 Å². The van der Waals surface area contributed by atoms with Crippen molar-refractivity contribution < 1.29 is 17.9 Å². The SMILES string of the molecule is FC(F)(F)c1ccc(Oc2ccc(I)cc2)cc1. The van der Waals surface area contributed by atoms with Crippen molar-refractivity contribution >= 4 is 22.6 Å². The predicted molar refractivity (Wildman–Crippen MR) is 70.7 cm³/mol. The molecule has 0 aromatic heterocycles. The van der Waals surface area contributed by atoms with E-state index in [1.165, 1.54) is 12.1 Å². The first-order valence-corrected chi connectivity index (χ1v) is 6.14. The molecule has 0 amide bonds. The standard InChI is InChI=1S/C13H8F3IO/c14-13(15,16)9-1-5-11(6-2-9)18-12-7-3-10(17)4-8-12/h1-8H. The van der Waals surface area contributed by atoms with Crippen LogP contribution in [0.1, 0.15) is 5.56 Å². The smallest absolute Gasteiger partial charge is 0.416 e. The first kappa shape index (κ1) is 13.2. The number of alkyl halides is 3. The van der Waals surface area contributed by atoms with Crippen LogP contribution in [0.2, 0.25) is 0 Å². The van der Waals surface area contributed by atoms with Crippen molar-refractivity contribution in [3.63, 3.8) is 0 Å². The highest BCUT2D eigenvalue weighted by Crippen LogP contribution is 2.31. The van der Waals surface area contributed by atoms with Gasteiger partial charge in [0.05, 0.1) is 5.56 Å². The van der Waals surface area contributed by atoms with Crippen LogP contribution in [0.3, 0.4) is 0 Å². The lowest BCUT2D eigenvalue weighted by molar-refractivity contribution is -0.137. The first-order chi connectivity index (χ1) is 8.45. The third-order valence-corrected chi connectivity index (χ3v) is 2.95. The molecular formula is C13H8F3IO. The summed E-state index contributed by atoms with van der Waals surface area (Å²) in [6.45, 7) is 0. The molecule has 0 aliphatic rings. The number of hydrogen-bond acceptors (Lipinski definition) is 1. The van der Waals surface area contributed by atoms with E-state index in [1.54, 1.807) is 12.1 Å². The minimum Gasteiger partial charge on any atom is -0.457 e. The molecule has 94 valence electrons. The molecule has 0 spiro atoms. The highest BCUT2D eigenvalue weighted by Gasteiger charge is 2.29. The average Bonchev–Trinajstić information content (AvgIpc) is 2.32. The largest absolute Gasteiger partial charge is 0.457 e. The van der Waals surface area contributed by atoms with E-state index in [-0.39, 0.29) is 0 Å². The summed E-state index contributed by atoms with van der Waals surface area (Å²) in [5.74, 6) is 0.972. The molecule has 18 heavy (non-hydrogen) atoms. The number of benzene rings is 2. The van der Waals surface area contributed by atoms with Crippen molar-refractivity contribution in [1.29, 1.82) is 0 Å². The molecule has 2 aromatic rings. The monoisotopic (exact) mass is 364 g/mol. The Hall–Kier alpha value is -1.24. The molecule has 0 radical (unpaired) electrons. The molecule has 0 unspecified atom stereocenters. The van der Waals surface area contributed by atoms with Gasteiger partial charge in [-0.05, 0) is 71.1 Å². The Morgan fingerprint density at radius 1 is 0.778 bits per heavy atom. The van der Waals surface area contributed by atoms with E-state index >= 15 is 0 Å². The summed E-state index contributed by atoms with van der Waals surface area (Å²) in [5, 5.41) is 0. The van der Waals surface area contributed by atoms with Crippen LogP contribution < -0.4 is 4.74 Å². The van der Waals surface area contributed by atoms with Crippen LogP contribution in [0.4, 0.5) is 13.2 Å². The molecule has 0 saturated carbocycles. The summed E-state index contributed by atoms with van der Waals surface area (Å²) in [6.07, 6.45) is -4.32. The molecule has 5 heteroatoms. The van der Waals surface area contributed by atoms with Crippen LogP contribution in [-0.2, 0) is 6.18 Å². The van der Waals surface area contributed by atoms with Gasteiger partial charge in [-0.15, -0.1) is 0 Å². The molecule has 2 aromatic carbocycles. The van der Waals surface area contributed by atoms with Crippen LogP contribution in [0.25, 0.3) is 0 Å². The Morgan fingerprint density at radius 3 is 1.67 bits per heavy atom. The zero-order valence-corrected chi connectivity index (χ0v) is 11.2. The van der Waals surface area contributed by atoms with E-state index < -0.39 is 11.7 Å². The summed E-state index contributed by atoms with van der Waals surface area (Å²) in [4.78, 5) is 0. The van der Waals surface area contributed by atoms with Crippen LogP contribution in [0, 0.1) is 3.57 Å². The molecule has 0 aliphatic heterocycles. The zero-order chi connectivity index (χ0) is 13.2. The van der Waals surface area contributed by atoms with Gasteiger partial charge in [-0.25, -0.2) is 0 Å². The molecule has 0 atom stereocenters. The number of rotatable bonds is 2. The minimum absolute atomic E-state index is 0.379. The molecule has 2 rings (SSSR count). The van der Waals surface area contributed by atoms with Gasteiger partial charge in [0, 0.05) is 3.57 Å². The molecule has 0 aliphatic carbocycles. The van der Waals surface area contributed by atoms with E-state index in [0.29, 0.717) is 11.5 Å². The lowest BCUT2D eigenvalue weighted by Gasteiger charge is -2.08. The average molecular weight is 364 g/mol. The highest BCUT2D eigenvalue weighted by atomic mass is 127. The zero-order valence-electron chi connectivity index (χ0n) is 9.04. The van der Waals surface area contributed by atoms with Crippen LogP contribution >= 0.6 is 22.6 Å². The molecule has 0 fully saturated rings. The Balaban J connectivity index is 2.13. The summed E-state index contributed by atoms with van der Waals surface area (Å²) < 4.78 is 43.5. The van der Waals surface area contributed by atoms with E-state index in [4.69, 9.17) is 4.74 Å². The van der Waals surface area contributed by atoms with Gasteiger partial charge < -0.3 is 4.74 Å². The van der Waals surface area contributed by atoms with E-state index in [0.717, 1.165) is 15.7 Å². The van der Waals surface area contributed by atoms with Gasteiger partial charge in [-0.1, -0.05) is 0 Å². The predicted octanol–water partition coefficient (Wildman–Crippen LogP) is 5.10. The summed E-state index contributed by atoms with van der Waals surface area (Å²) in [5.41, 5.74) is -0.683. The number of halogens is 4.